The number of methoxy groups -OCH3 is 1. The molecule has 0 spiro atoms. The molecule has 0 bridgehead atoms. The molecule has 0 N–H and O–H groups in total. The van der Waals surface area contributed by atoms with Gasteiger partial charge < -0.3 is 4.74 Å². The van der Waals surface area contributed by atoms with Crippen molar-refractivity contribution in [2.75, 3.05) is 7.11 Å². The van der Waals surface area contributed by atoms with Crippen LogP contribution in [0.2, 0.25) is 0 Å². The van der Waals surface area contributed by atoms with Gasteiger partial charge in [-0.3, -0.25) is 0 Å². The SMILES string of the molecule is COC(=O)c1ccc(C(F)(F)F)nc1C(C)(C)C. The van der Waals surface area contributed by atoms with Crippen LogP contribution in [0.3, 0.4) is 0 Å². The Hall–Kier alpha value is -1.59. The first kappa shape index (κ1) is 14.5. The molecule has 1 heterocycles. The normalized spacial score (nSPS) is 12.4. The number of alkyl halides is 3. The van der Waals surface area contributed by atoms with Crippen LogP contribution in [0.15, 0.2) is 12.1 Å². The molecule has 0 aliphatic carbocycles. The Morgan fingerprint density at radius 1 is 1.22 bits per heavy atom. The van der Waals surface area contributed by atoms with Crippen LogP contribution in [-0.2, 0) is 16.3 Å². The quantitative estimate of drug-likeness (QED) is 0.729. The van der Waals surface area contributed by atoms with Gasteiger partial charge in [0.15, 0.2) is 0 Å². The van der Waals surface area contributed by atoms with E-state index in [1.54, 1.807) is 20.8 Å². The van der Waals surface area contributed by atoms with Crippen LogP contribution >= 0.6 is 0 Å². The standard InChI is InChI=1S/C12H14F3NO2/c1-11(2,3)9-7(10(17)18-4)5-6-8(16-9)12(13,14)15/h5-6H,1-4H3. The summed E-state index contributed by atoms with van der Waals surface area (Å²) in [4.78, 5) is 15.1. The highest BCUT2D eigenvalue weighted by molar-refractivity contribution is 5.90. The number of carbonyl (C=O) groups is 1. The monoisotopic (exact) mass is 261 g/mol. The van der Waals surface area contributed by atoms with Crippen molar-refractivity contribution < 1.29 is 22.7 Å². The summed E-state index contributed by atoms with van der Waals surface area (Å²) in [7, 11) is 1.17. The number of aromatic nitrogens is 1. The van der Waals surface area contributed by atoms with Gasteiger partial charge in [0.25, 0.3) is 0 Å². The molecule has 0 amide bonds. The Bertz CT molecular complexity index is 461. The van der Waals surface area contributed by atoms with Gasteiger partial charge >= 0.3 is 12.1 Å². The molecule has 18 heavy (non-hydrogen) atoms. The summed E-state index contributed by atoms with van der Waals surface area (Å²) in [6.45, 7) is 5.05. The number of nitrogens with zero attached hydrogens (tertiary/aromatic N) is 1. The minimum Gasteiger partial charge on any atom is -0.465 e. The second-order valence-electron chi connectivity index (χ2n) is 4.83. The van der Waals surface area contributed by atoms with Crippen LogP contribution in [0.25, 0.3) is 0 Å². The summed E-state index contributed by atoms with van der Waals surface area (Å²) in [5, 5.41) is 0. The lowest BCUT2D eigenvalue weighted by Crippen LogP contribution is -2.22. The number of ether oxygens (including phenoxy) is 1. The van der Waals surface area contributed by atoms with Gasteiger partial charge in [-0.25, -0.2) is 9.78 Å². The van der Waals surface area contributed by atoms with Gasteiger partial charge in [0.05, 0.1) is 18.4 Å². The van der Waals surface area contributed by atoms with Gasteiger partial charge in [0.1, 0.15) is 5.69 Å². The lowest BCUT2D eigenvalue weighted by Gasteiger charge is -2.21. The average molecular weight is 261 g/mol. The van der Waals surface area contributed by atoms with Gasteiger partial charge in [-0.15, -0.1) is 0 Å². The Balaban J connectivity index is 3.44. The molecule has 0 aliphatic rings. The third-order valence-electron chi connectivity index (χ3n) is 2.30. The van der Waals surface area contributed by atoms with E-state index >= 15 is 0 Å². The minimum atomic E-state index is -4.53. The number of carbonyl (C=O) groups excluding carboxylic acids is 1. The van der Waals surface area contributed by atoms with Crippen LogP contribution in [0.1, 0.15) is 42.5 Å². The summed E-state index contributed by atoms with van der Waals surface area (Å²) in [6.07, 6.45) is -4.53. The maximum Gasteiger partial charge on any atom is 0.433 e. The lowest BCUT2D eigenvalue weighted by molar-refractivity contribution is -0.141. The lowest BCUT2D eigenvalue weighted by atomic mass is 9.88. The van der Waals surface area contributed by atoms with Gasteiger partial charge in [-0.05, 0) is 12.1 Å². The van der Waals surface area contributed by atoms with Gasteiger partial charge in [-0.2, -0.15) is 13.2 Å². The molecule has 3 nitrogen and oxygen atoms in total. The van der Waals surface area contributed by atoms with Crippen LogP contribution < -0.4 is 0 Å². The van der Waals surface area contributed by atoms with Gasteiger partial charge in [0, 0.05) is 5.41 Å². The van der Waals surface area contributed by atoms with Crippen LogP contribution in [0.4, 0.5) is 13.2 Å². The molecule has 100 valence electrons. The number of halogens is 3. The van der Waals surface area contributed by atoms with Crippen molar-refractivity contribution in [2.24, 2.45) is 0 Å². The van der Waals surface area contributed by atoms with Crippen LogP contribution in [0.5, 0.6) is 0 Å². The predicted octanol–water partition coefficient (Wildman–Crippen LogP) is 3.18. The topological polar surface area (TPSA) is 39.2 Å². The Kier molecular flexibility index (Phi) is 3.69. The number of pyridine rings is 1. The highest BCUT2D eigenvalue weighted by atomic mass is 19.4. The number of hydrogen-bond acceptors (Lipinski definition) is 3. The Morgan fingerprint density at radius 3 is 2.17 bits per heavy atom. The van der Waals surface area contributed by atoms with E-state index < -0.39 is 23.3 Å². The summed E-state index contributed by atoms with van der Waals surface area (Å²) >= 11 is 0. The summed E-state index contributed by atoms with van der Waals surface area (Å²) in [5.74, 6) is -0.693. The molecule has 0 radical (unpaired) electrons. The average Bonchev–Trinajstić information content (AvgIpc) is 2.24. The van der Waals surface area contributed by atoms with Crippen molar-refractivity contribution in [1.82, 2.24) is 4.98 Å². The largest absolute Gasteiger partial charge is 0.465 e. The molecule has 0 saturated heterocycles. The molecule has 6 heteroatoms. The van der Waals surface area contributed by atoms with E-state index in [9.17, 15) is 18.0 Å². The van der Waals surface area contributed by atoms with Gasteiger partial charge in [0.2, 0.25) is 0 Å². The zero-order chi connectivity index (χ0) is 14.1. The number of rotatable bonds is 1. The first-order valence-electron chi connectivity index (χ1n) is 5.24. The molecule has 0 fully saturated rings. The van der Waals surface area contributed by atoms with Crippen molar-refractivity contribution in [2.45, 2.75) is 32.4 Å². The zero-order valence-electron chi connectivity index (χ0n) is 10.6. The minimum absolute atomic E-state index is 0.0537. The van der Waals surface area contributed by atoms with Crippen molar-refractivity contribution in [3.05, 3.63) is 29.1 Å². The first-order valence-corrected chi connectivity index (χ1v) is 5.24. The van der Waals surface area contributed by atoms with E-state index in [0.29, 0.717) is 0 Å². The number of esters is 1. The molecule has 1 aromatic heterocycles. The van der Waals surface area contributed by atoms with Crippen molar-refractivity contribution in [3.63, 3.8) is 0 Å². The molecule has 1 aromatic rings. The van der Waals surface area contributed by atoms with Gasteiger partial charge in [-0.1, -0.05) is 20.8 Å². The maximum absolute atomic E-state index is 12.6. The summed E-state index contributed by atoms with van der Waals surface area (Å²) < 4.78 is 42.3. The van der Waals surface area contributed by atoms with E-state index in [-0.39, 0.29) is 11.3 Å². The molecule has 0 aromatic carbocycles. The third kappa shape index (κ3) is 3.00. The molecule has 0 unspecified atom stereocenters. The van der Waals surface area contributed by atoms with E-state index in [2.05, 4.69) is 9.72 Å². The van der Waals surface area contributed by atoms with Crippen LogP contribution in [-0.4, -0.2) is 18.1 Å². The van der Waals surface area contributed by atoms with Crippen molar-refractivity contribution >= 4 is 5.97 Å². The van der Waals surface area contributed by atoms with Crippen LogP contribution in [0, 0.1) is 0 Å². The molecule has 0 aliphatic heterocycles. The fraction of sp³-hybridized carbons (Fsp3) is 0.500. The highest BCUT2D eigenvalue weighted by Gasteiger charge is 2.35. The molecule has 0 atom stereocenters. The second-order valence-corrected chi connectivity index (χ2v) is 4.83. The molecular formula is C12H14F3NO2. The van der Waals surface area contributed by atoms with Crippen molar-refractivity contribution in [3.8, 4) is 0 Å². The van der Waals surface area contributed by atoms with E-state index in [1.807, 2.05) is 0 Å². The summed E-state index contributed by atoms with van der Waals surface area (Å²) in [6, 6.07) is 1.88. The fourth-order valence-electron chi connectivity index (χ4n) is 1.46. The smallest absolute Gasteiger partial charge is 0.433 e. The highest BCUT2D eigenvalue weighted by Crippen LogP contribution is 2.31. The summed E-state index contributed by atoms with van der Waals surface area (Å²) in [5.41, 5.74) is -1.58. The second kappa shape index (κ2) is 4.59. The van der Waals surface area contributed by atoms with E-state index in [0.717, 1.165) is 12.1 Å². The molecular weight excluding hydrogens is 247 g/mol. The Labute approximate surface area is 103 Å². The molecule has 0 saturated carbocycles. The fourth-order valence-corrected chi connectivity index (χ4v) is 1.46. The third-order valence-corrected chi connectivity index (χ3v) is 2.30. The predicted molar refractivity (Wildman–Crippen MR) is 59.3 cm³/mol. The van der Waals surface area contributed by atoms with Crippen molar-refractivity contribution in [1.29, 1.82) is 0 Å². The zero-order valence-corrected chi connectivity index (χ0v) is 10.6. The van der Waals surface area contributed by atoms with E-state index in [1.165, 1.54) is 7.11 Å². The Morgan fingerprint density at radius 2 is 1.78 bits per heavy atom. The maximum atomic E-state index is 12.6. The first-order chi connectivity index (χ1) is 8.07. The number of hydrogen-bond donors (Lipinski definition) is 0. The molecule has 1 rings (SSSR count). The van der Waals surface area contributed by atoms with E-state index in [4.69, 9.17) is 0 Å².